The molecule has 2 aromatic carbocycles. The molecule has 0 spiro atoms. The Morgan fingerprint density at radius 2 is 1.73 bits per heavy atom. The number of rotatable bonds is 0. The van der Waals surface area contributed by atoms with Crippen LogP contribution in [-0.2, 0) is 6.42 Å². The summed E-state index contributed by atoms with van der Waals surface area (Å²) in [6, 6.07) is 10.2. The van der Waals surface area contributed by atoms with E-state index in [-0.39, 0.29) is 0 Å². The molecule has 0 aliphatic carbocycles. The number of fused-ring (bicyclic) bond motifs is 2. The summed E-state index contributed by atoms with van der Waals surface area (Å²) < 4.78 is 0. The first-order valence-corrected chi connectivity index (χ1v) is 9.78. The Labute approximate surface area is 163 Å². The Bertz CT molecular complexity index is 916. The lowest BCUT2D eigenvalue weighted by atomic mass is 10.1. The number of halogens is 2. The molecule has 1 fully saturated rings. The van der Waals surface area contributed by atoms with Crippen molar-refractivity contribution in [2.45, 2.75) is 6.42 Å². The molecule has 0 N–H and O–H groups in total. The van der Waals surface area contributed by atoms with Gasteiger partial charge in [-0.3, -0.25) is 0 Å². The number of hydrogen-bond acceptors (Lipinski definition) is 4. The van der Waals surface area contributed by atoms with E-state index in [4.69, 9.17) is 28.2 Å². The zero-order valence-electron chi connectivity index (χ0n) is 14.7. The molecule has 6 heteroatoms. The van der Waals surface area contributed by atoms with Crippen molar-refractivity contribution in [2.24, 2.45) is 4.99 Å². The van der Waals surface area contributed by atoms with Gasteiger partial charge < -0.3 is 14.7 Å². The summed E-state index contributed by atoms with van der Waals surface area (Å²) in [7, 11) is 2.17. The minimum atomic E-state index is 0.716. The number of benzene rings is 2. The SMILES string of the molecule is CN1CCN(C2=Nc3cc(Cl)ccc3N3CCc4cc(Cl)cc2c43)CC1. The molecule has 5 rings (SSSR count). The van der Waals surface area contributed by atoms with Gasteiger partial charge in [0, 0.05) is 48.3 Å². The molecule has 0 amide bonds. The van der Waals surface area contributed by atoms with Gasteiger partial charge >= 0.3 is 0 Å². The van der Waals surface area contributed by atoms with Gasteiger partial charge in [-0.25, -0.2) is 4.99 Å². The summed E-state index contributed by atoms with van der Waals surface area (Å²) >= 11 is 12.8. The van der Waals surface area contributed by atoms with E-state index in [9.17, 15) is 0 Å². The van der Waals surface area contributed by atoms with Crippen LogP contribution in [0.25, 0.3) is 0 Å². The second kappa shape index (κ2) is 6.15. The highest BCUT2D eigenvalue weighted by Gasteiger charge is 2.32. The van der Waals surface area contributed by atoms with Crippen LogP contribution in [0.1, 0.15) is 11.1 Å². The number of likely N-dealkylation sites (N-methyl/N-ethyl adjacent to an activating group) is 1. The van der Waals surface area contributed by atoms with Crippen molar-refractivity contribution in [1.29, 1.82) is 0 Å². The molecule has 134 valence electrons. The predicted molar refractivity (Wildman–Crippen MR) is 109 cm³/mol. The molecule has 3 heterocycles. The Kier molecular flexibility index (Phi) is 3.89. The van der Waals surface area contributed by atoms with E-state index < -0.39 is 0 Å². The summed E-state index contributed by atoms with van der Waals surface area (Å²) in [5.74, 6) is 1.02. The normalized spacial score (nSPS) is 19.1. The van der Waals surface area contributed by atoms with Gasteiger partial charge in [-0.15, -0.1) is 0 Å². The van der Waals surface area contributed by atoms with Crippen LogP contribution in [0.4, 0.5) is 17.1 Å². The minimum Gasteiger partial charge on any atom is -0.353 e. The average molecular weight is 387 g/mol. The van der Waals surface area contributed by atoms with Gasteiger partial charge in [0.15, 0.2) is 0 Å². The molecule has 3 aliphatic heterocycles. The maximum Gasteiger partial charge on any atom is 0.138 e. The van der Waals surface area contributed by atoms with Gasteiger partial charge in [0.25, 0.3) is 0 Å². The Hall–Kier alpha value is -1.75. The highest BCUT2D eigenvalue weighted by atomic mass is 35.5. The fraction of sp³-hybridized carbons (Fsp3) is 0.350. The molecule has 2 aromatic rings. The van der Waals surface area contributed by atoms with Crippen LogP contribution in [-0.4, -0.2) is 55.4 Å². The van der Waals surface area contributed by atoms with E-state index in [0.29, 0.717) is 5.02 Å². The summed E-state index contributed by atoms with van der Waals surface area (Å²) in [5, 5.41) is 1.50. The van der Waals surface area contributed by atoms with Crippen LogP contribution in [0.2, 0.25) is 10.0 Å². The van der Waals surface area contributed by atoms with Crippen LogP contribution in [0.5, 0.6) is 0 Å². The molecule has 0 unspecified atom stereocenters. The van der Waals surface area contributed by atoms with Gasteiger partial charge in [-0.1, -0.05) is 23.2 Å². The smallest absolute Gasteiger partial charge is 0.138 e. The largest absolute Gasteiger partial charge is 0.353 e. The number of aliphatic imine (C=N–C) groups is 1. The second-order valence-electron chi connectivity index (χ2n) is 7.22. The van der Waals surface area contributed by atoms with Gasteiger partial charge in [0.2, 0.25) is 0 Å². The lowest BCUT2D eigenvalue weighted by Gasteiger charge is -2.35. The summed E-state index contributed by atoms with van der Waals surface area (Å²) in [6.45, 7) is 4.95. The van der Waals surface area contributed by atoms with Crippen molar-refractivity contribution in [3.05, 3.63) is 51.5 Å². The monoisotopic (exact) mass is 386 g/mol. The van der Waals surface area contributed by atoms with Crippen molar-refractivity contribution in [3.63, 3.8) is 0 Å². The van der Waals surface area contributed by atoms with E-state index in [1.54, 1.807) is 0 Å². The maximum absolute atomic E-state index is 6.47. The number of amidine groups is 1. The van der Waals surface area contributed by atoms with Crippen LogP contribution in [0, 0.1) is 0 Å². The van der Waals surface area contributed by atoms with E-state index in [1.807, 2.05) is 12.1 Å². The third kappa shape index (κ3) is 2.59. The second-order valence-corrected chi connectivity index (χ2v) is 8.09. The molecule has 0 atom stereocenters. The van der Waals surface area contributed by atoms with Crippen LogP contribution >= 0.6 is 23.2 Å². The van der Waals surface area contributed by atoms with Crippen molar-refractivity contribution in [3.8, 4) is 0 Å². The lowest BCUT2D eigenvalue weighted by molar-refractivity contribution is 0.216. The van der Waals surface area contributed by atoms with Crippen molar-refractivity contribution < 1.29 is 0 Å². The highest BCUT2D eigenvalue weighted by molar-refractivity contribution is 6.32. The molecule has 0 radical (unpaired) electrons. The standard InChI is InChI=1S/C20H20Cl2N4/c1-24-6-8-25(9-7-24)20-16-11-15(22)10-13-4-5-26(19(13)16)18-3-2-14(21)12-17(18)23-20/h2-3,10-12H,4-9H2,1H3. The topological polar surface area (TPSA) is 22.1 Å². The Morgan fingerprint density at radius 1 is 0.923 bits per heavy atom. The average Bonchev–Trinajstić information content (AvgIpc) is 2.98. The number of nitrogens with zero attached hydrogens (tertiary/aromatic N) is 4. The molecule has 3 aliphatic rings. The predicted octanol–water partition coefficient (Wildman–Crippen LogP) is 4.33. The molecule has 0 bridgehead atoms. The third-order valence-corrected chi connectivity index (χ3v) is 5.98. The fourth-order valence-electron chi connectivity index (χ4n) is 4.17. The van der Waals surface area contributed by atoms with Crippen molar-refractivity contribution in [2.75, 3.05) is 44.7 Å². The first kappa shape index (κ1) is 16.4. The van der Waals surface area contributed by atoms with Crippen molar-refractivity contribution in [1.82, 2.24) is 9.80 Å². The molecule has 0 saturated carbocycles. The summed E-state index contributed by atoms with van der Waals surface area (Å²) in [4.78, 5) is 12.2. The zero-order chi connectivity index (χ0) is 17.8. The molecule has 1 saturated heterocycles. The van der Waals surface area contributed by atoms with Gasteiger partial charge in [-0.05, 0) is 49.4 Å². The highest BCUT2D eigenvalue weighted by Crippen LogP contribution is 2.46. The molecular weight excluding hydrogens is 367 g/mol. The van der Waals surface area contributed by atoms with E-state index in [1.165, 1.54) is 11.3 Å². The quantitative estimate of drug-likeness (QED) is 0.672. The number of hydrogen-bond donors (Lipinski definition) is 0. The number of anilines is 2. The van der Waals surface area contributed by atoms with Crippen LogP contribution < -0.4 is 4.90 Å². The fourth-order valence-corrected chi connectivity index (χ4v) is 4.58. The maximum atomic E-state index is 6.47. The van der Waals surface area contributed by atoms with Crippen LogP contribution in [0.3, 0.4) is 0 Å². The number of piperazine rings is 1. The van der Waals surface area contributed by atoms with Crippen molar-refractivity contribution >= 4 is 46.1 Å². The third-order valence-electron chi connectivity index (χ3n) is 5.53. The molecule has 4 nitrogen and oxygen atoms in total. The Balaban J connectivity index is 1.73. The van der Waals surface area contributed by atoms with E-state index in [2.05, 4.69) is 39.9 Å². The molecule has 26 heavy (non-hydrogen) atoms. The first-order valence-electron chi connectivity index (χ1n) is 9.02. The van der Waals surface area contributed by atoms with Crippen LogP contribution in [0.15, 0.2) is 35.3 Å². The van der Waals surface area contributed by atoms with Gasteiger partial charge in [0.05, 0.1) is 17.1 Å². The van der Waals surface area contributed by atoms with Gasteiger partial charge in [-0.2, -0.15) is 0 Å². The zero-order valence-corrected chi connectivity index (χ0v) is 16.2. The minimum absolute atomic E-state index is 0.716. The van der Waals surface area contributed by atoms with E-state index in [0.717, 1.165) is 66.9 Å². The first-order chi connectivity index (χ1) is 12.6. The lowest BCUT2D eigenvalue weighted by Crippen LogP contribution is -2.47. The summed E-state index contributed by atoms with van der Waals surface area (Å²) in [5.41, 5.74) is 5.76. The Morgan fingerprint density at radius 3 is 2.54 bits per heavy atom. The van der Waals surface area contributed by atoms with Gasteiger partial charge in [0.1, 0.15) is 5.84 Å². The summed E-state index contributed by atoms with van der Waals surface area (Å²) in [6.07, 6.45) is 1.00. The molecular formula is C20H20Cl2N4. The van der Waals surface area contributed by atoms with E-state index >= 15 is 0 Å². The molecule has 0 aromatic heterocycles.